The van der Waals surface area contributed by atoms with Crippen molar-refractivity contribution in [2.45, 2.75) is 12.5 Å². The maximum absolute atomic E-state index is 5.91. The van der Waals surface area contributed by atoms with Crippen molar-refractivity contribution in [3.05, 3.63) is 18.2 Å². The number of nitrogens with two attached hydrogens (primary N) is 1. The summed E-state index contributed by atoms with van der Waals surface area (Å²) in [5, 5.41) is 5.11. The number of methoxy groups -OCH3 is 1. The Morgan fingerprint density at radius 3 is 3.12 bits per heavy atom. The van der Waals surface area contributed by atoms with E-state index >= 15 is 0 Å². The van der Waals surface area contributed by atoms with Gasteiger partial charge in [-0.2, -0.15) is 0 Å². The van der Waals surface area contributed by atoms with Gasteiger partial charge in [-0.15, -0.1) is 0 Å². The summed E-state index contributed by atoms with van der Waals surface area (Å²) in [5.41, 5.74) is 6.69. The van der Waals surface area contributed by atoms with Crippen LogP contribution in [-0.4, -0.2) is 31.4 Å². The van der Waals surface area contributed by atoms with Gasteiger partial charge in [0.15, 0.2) is 11.4 Å². The third-order valence-electron chi connectivity index (χ3n) is 3.18. The van der Waals surface area contributed by atoms with Gasteiger partial charge in [-0.05, 0) is 24.6 Å². The number of nitrogens with zero attached hydrogens (tertiary/aromatic N) is 2. The van der Waals surface area contributed by atoms with Crippen molar-refractivity contribution in [2.75, 3.05) is 25.1 Å². The average Bonchev–Trinajstić information content (AvgIpc) is 2.93. The van der Waals surface area contributed by atoms with Gasteiger partial charge in [-0.1, -0.05) is 5.16 Å². The molecule has 1 atom stereocenters. The number of hydrogen-bond acceptors (Lipinski definition) is 5. The average molecular weight is 233 g/mol. The monoisotopic (exact) mass is 233 g/mol. The number of anilines is 1. The van der Waals surface area contributed by atoms with Crippen LogP contribution in [0.4, 0.5) is 5.82 Å². The number of benzene rings is 1. The fourth-order valence-corrected chi connectivity index (χ4v) is 2.24. The highest BCUT2D eigenvalue weighted by Gasteiger charge is 2.23. The van der Waals surface area contributed by atoms with Gasteiger partial charge < -0.3 is 19.9 Å². The highest BCUT2D eigenvalue weighted by Crippen LogP contribution is 2.31. The van der Waals surface area contributed by atoms with Crippen LogP contribution in [-0.2, 0) is 0 Å². The van der Waals surface area contributed by atoms with Crippen LogP contribution in [0, 0.1) is 0 Å². The molecule has 2 heterocycles. The summed E-state index contributed by atoms with van der Waals surface area (Å²) in [6.45, 7) is 1.76. The molecule has 1 aromatic carbocycles. The van der Waals surface area contributed by atoms with Crippen molar-refractivity contribution in [1.29, 1.82) is 0 Å². The first kappa shape index (κ1) is 10.4. The maximum Gasteiger partial charge on any atom is 0.180 e. The first-order chi connectivity index (χ1) is 8.28. The Hall–Kier alpha value is -1.75. The van der Waals surface area contributed by atoms with Gasteiger partial charge >= 0.3 is 0 Å². The number of fused-ring (bicyclic) bond motifs is 1. The van der Waals surface area contributed by atoms with Gasteiger partial charge in [0.2, 0.25) is 0 Å². The fourth-order valence-electron chi connectivity index (χ4n) is 2.24. The van der Waals surface area contributed by atoms with E-state index in [4.69, 9.17) is 15.0 Å². The zero-order chi connectivity index (χ0) is 11.8. The van der Waals surface area contributed by atoms with Crippen LogP contribution in [0.2, 0.25) is 0 Å². The van der Waals surface area contributed by atoms with Crippen LogP contribution in [0.15, 0.2) is 22.7 Å². The van der Waals surface area contributed by atoms with Crippen LogP contribution in [0.5, 0.6) is 5.75 Å². The van der Waals surface area contributed by atoms with Gasteiger partial charge in [0.05, 0.1) is 12.5 Å². The largest absolute Gasteiger partial charge is 0.497 e. The molecule has 3 rings (SSSR count). The van der Waals surface area contributed by atoms with Crippen molar-refractivity contribution in [3.63, 3.8) is 0 Å². The fraction of sp³-hybridized carbons (Fsp3) is 0.417. The van der Waals surface area contributed by atoms with Gasteiger partial charge in [0.1, 0.15) is 5.75 Å². The molecule has 0 bridgehead atoms. The number of rotatable bonds is 2. The summed E-state index contributed by atoms with van der Waals surface area (Å²) >= 11 is 0. The molecule has 5 nitrogen and oxygen atoms in total. The SMILES string of the molecule is COc1ccc2onc(N3CCC(N)C3)c2c1. The molecule has 2 aromatic rings. The molecule has 1 saturated heterocycles. The lowest BCUT2D eigenvalue weighted by Gasteiger charge is -2.13. The lowest BCUT2D eigenvalue weighted by atomic mass is 10.2. The van der Waals surface area contributed by atoms with E-state index in [1.807, 2.05) is 18.2 Å². The van der Waals surface area contributed by atoms with Crippen molar-refractivity contribution >= 4 is 16.8 Å². The van der Waals surface area contributed by atoms with Crippen LogP contribution in [0.25, 0.3) is 11.0 Å². The Bertz CT molecular complexity index is 538. The smallest absolute Gasteiger partial charge is 0.180 e. The molecule has 0 saturated carbocycles. The second-order valence-electron chi connectivity index (χ2n) is 4.36. The highest BCUT2D eigenvalue weighted by atomic mass is 16.5. The van der Waals surface area contributed by atoms with Gasteiger partial charge in [-0.25, -0.2) is 0 Å². The molecule has 0 aliphatic carbocycles. The maximum atomic E-state index is 5.91. The topological polar surface area (TPSA) is 64.5 Å². The Morgan fingerprint density at radius 1 is 1.53 bits per heavy atom. The van der Waals surface area contributed by atoms with E-state index in [-0.39, 0.29) is 6.04 Å². The van der Waals surface area contributed by atoms with Crippen LogP contribution in [0.3, 0.4) is 0 Å². The molecular formula is C12H15N3O2. The minimum atomic E-state index is 0.229. The Balaban J connectivity index is 2.04. The summed E-state index contributed by atoms with van der Waals surface area (Å²) in [5.74, 6) is 1.68. The molecule has 90 valence electrons. The zero-order valence-electron chi connectivity index (χ0n) is 9.72. The normalized spacial score (nSPS) is 20.1. The van der Waals surface area contributed by atoms with Crippen molar-refractivity contribution in [2.24, 2.45) is 5.73 Å². The van der Waals surface area contributed by atoms with Gasteiger partial charge in [0, 0.05) is 19.1 Å². The van der Waals surface area contributed by atoms with E-state index in [9.17, 15) is 0 Å². The standard InChI is InChI=1S/C12H15N3O2/c1-16-9-2-3-11-10(6-9)12(14-17-11)15-5-4-8(13)7-15/h2-3,6,8H,4-5,7,13H2,1H3. The van der Waals surface area contributed by atoms with Crippen molar-refractivity contribution in [3.8, 4) is 5.75 Å². The van der Waals surface area contributed by atoms with E-state index in [0.717, 1.165) is 42.0 Å². The minimum Gasteiger partial charge on any atom is -0.497 e. The first-order valence-electron chi connectivity index (χ1n) is 5.72. The molecule has 17 heavy (non-hydrogen) atoms. The van der Waals surface area contributed by atoms with Gasteiger partial charge in [0.25, 0.3) is 0 Å². The molecule has 1 unspecified atom stereocenters. The first-order valence-corrected chi connectivity index (χ1v) is 5.72. The van der Waals surface area contributed by atoms with Gasteiger partial charge in [-0.3, -0.25) is 0 Å². The third-order valence-corrected chi connectivity index (χ3v) is 3.18. The second kappa shape index (κ2) is 3.92. The summed E-state index contributed by atoms with van der Waals surface area (Å²) in [6.07, 6.45) is 0.998. The lowest BCUT2D eigenvalue weighted by Crippen LogP contribution is -2.26. The summed E-state index contributed by atoms with van der Waals surface area (Å²) in [6, 6.07) is 5.92. The van der Waals surface area contributed by atoms with E-state index in [2.05, 4.69) is 10.1 Å². The molecule has 0 radical (unpaired) electrons. The van der Waals surface area contributed by atoms with Crippen LogP contribution < -0.4 is 15.4 Å². The molecule has 5 heteroatoms. The van der Waals surface area contributed by atoms with E-state index in [1.54, 1.807) is 7.11 Å². The molecule has 2 N–H and O–H groups in total. The summed E-state index contributed by atoms with van der Waals surface area (Å²) < 4.78 is 10.5. The van der Waals surface area contributed by atoms with Crippen LogP contribution in [0.1, 0.15) is 6.42 Å². The van der Waals surface area contributed by atoms with Crippen molar-refractivity contribution < 1.29 is 9.26 Å². The summed E-state index contributed by atoms with van der Waals surface area (Å²) in [4.78, 5) is 2.16. The Labute approximate surface area is 99.1 Å². The number of aromatic nitrogens is 1. The van der Waals surface area contributed by atoms with E-state index < -0.39 is 0 Å². The highest BCUT2D eigenvalue weighted by molar-refractivity contribution is 5.89. The second-order valence-corrected chi connectivity index (χ2v) is 4.36. The predicted octanol–water partition coefficient (Wildman–Crippen LogP) is 1.37. The molecule has 1 aromatic heterocycles. The van der Waals surface area contributed by atoms with Crippen molar-refractivity contribution in [1.82, 2.24) is 5.16 Å². The molecule has 1 aliphatic rings. The molecule has 1 aliphatic heterocycles. The minimum absolute atomic E-state index is 0.229. The molecule has 1 fully saturated rings. The molecular weight excluding hydrogens is 218 g/mol. The molecule has 0 spiro atoms. The lowest BCUT2D eigenvalue weighted by molar-refractivity contribution is 0.415. The van der Waals surface area contributed by atoms with E-state index in [0.29, 0.717) is 0 Å². The quantitative estimate of drug-likeness (QED) is 0.848. The third kappa shape index (κ3) is 1.72. The Morgan fingerprint density at radius 2 is 2.41 bits per heavy atom. The molecule has 0 amide bonds. The number of ether oxygens (including phenoxy) is 1. The predicted molar refractivity (Wildman–Crippen MR) is 65.4 cm³/mol. The van der Waals surface area contributed by atoms with E-state index in [1.165, 1.54) is 0 Å². The number of hydrogen-bond donors (Lipinski definition) is 1. The zero-order valence-corrected chi connectivity index (χ0v) is 9.72. The van der Waals surface area contributed by atoms with Crippen LogP contribution >= 0.6 is 0 Å². The Kier molecular flexibility index (Phi) is 2.40. The summed E-state index contributed by atoms with van der Waals surface area (Å²) in [7, 11) is 1.65.